The highest BCUT2D eigenvalue weighted by molar-refractivity contribution is 5.79. The van der Waals surface area contributed by atoms with E-state index >= 15 is 0 Å². The standard InChI is InChI=1S/C9H16F2N2O2/c1-5(6(2)12)3-4-9(13,7(10)11)8(14)15/h6-7H,1,3-4,12-13H2,2H3,(H,14,15). The summed E-state index contributed by atoms with van der Waals surface area (Å²) in [6.45, 7) is 5.20. The molecule has 2 atom stereocenters. The van der Waals surface area contributed by atoms with Gasteiger partial charge < -0.3 is 16.6 Å². The Kier molecular flexibility index (Phi) is 4.83. The van der Waals surface area contributed by atoms with Crippen LogP contribution < -0.4 is 11.5 Å². The van der Waals surface area contributed by atoms with Crippen LogP contribution in [0.4, 0.5) is 8.78 Å². The third kappa shape index (κ3) is 3.56. The van der Waals surface area contributed by atoms with Crippen LogP contribution in [0.3, 0.4) is 0 Å². The molecule has 0 rings (SSSR count). The third-order valence-electron chi connectivity index (χ3n) is 2.29. The van der Waals surface area contributed by atoms with Gasteiger partial charge in [0, 0.05) is 6.04 Å². The monoisotopic (exact) mass is 222 g/mol. The molecule has 0 aromatic carbocycles. The molecule has 0 radical (unpaired) electrons. The molecule has 2 unspecified atom stereocenters. The Morgan fingerprint density at radius 3 is 2.33 bits per heavy atom. The quantitative estimate of drug-likeness (QED) is 0.577. The Hall–Kier alpha value is -1.01. The topological polar surface area (TPSA) is 89.3 Å². The zero-order chi connectivity index (χ0) is 12.2. The Bertz CT molecular complexity index is 256. The van der Waals surface area contributed by atoms with Gasteiger partial charge in [-0.3, -0.25) is 0 Å². The molecule has 6 heteroatoms. The van der Waals surface area contributed by atoms with Gasteiger partial charge in [0.05, 0.1) is 0 Å². The lowest BCUT2D eigenvalue weighted by molar-refractivity contribution is -0.150. The summed E-state index contributed by atoms with van der Waals surface area (Å²) in [5, 5.41) is 8.59. The summed E-state index contributed by atoms with van der Waals surface area (Å²) >= 11 is 0. The molecule has 0 amide bonds. The number of hydrogen-bond donors (Lipinski definition) is 3. The summed E-state index contributed by atoms with van der Waals surface area (Å²) in [6, 6.07) is -0.360. The normalized spacial score (nSPS) is 17.2. The van der Waals surface area contributed by atoms with Crippen LogP contribution in [-0.2, 0) is 4.79 Å². The van der Waals surface area contributed by atoms with Crippen LogP contribution in [0.25, 0.3) is 0 Å². The predicted octanol–water partition coefficient (Wildman–Crippen LogP) is 0.717. The van der Waals surface area contributed by atoms with Crippen molar-refractivity contribution in [2.45, 2.75) is 37.8 Å². The van der Waals surface area contributed by atoms with Crippen molar-refractivity contribution in [3.05, 3.63) is 12.2 Å². The SMILES string of the molecule is C=C(CCC(N)(C(=O)O)C(F)F)C(C)N. The van der Waals surface area contributed by atoms with Crippen molar-refractivity contribution in [2.75, 3.05) is 0 Å². The van der Waals surface area contributed by atoms with E-state index in [9.17, 15) is 13.6 Å². The average Bonchev–Trinajstić information content (AvgIpc) is 2.12. The predicted molar refractivity (Wildman–Crippen MR) is 52.6 cm³/mol. The van der Waals surface area contributed by atoms with Gasteiger partial charge in [0.2, 0.25) is 0 Å². The Morgan fingerprint density at radius 1 is 1.60 bits per heavy atom. The van der Waals surface area contributed by atoms with Crippen LogP contribution in [-0.4, -0.2) is 29.1 Å². The van der Waals surface area contributed by atoms with Crippen molar-refractivity contribution >= 4 is 5.97 Å². The summed E-state index contributed by atoms with van der Waals surface area (Å²) < 4.78 is 24.8. The third-order valence-corrected chi connectivity index (χ3v) is 2.29. The maximum absolute atomic E-state index is 12.4. The van der Waals surface area contributed by atoms with Gasteiger partial charge in [0.1, 0.15) is 0 Å². The van der Waals surface area contributed by atoms with E-state index in [-0.39, 0.29) is 18.9 Å². The maximum Gasteiger partial charge on any atom is 0.329 e. The van der Waals surface area contributed by atoms with E-state index in [4.69, 9.17) is 16.6 Å². The van der Waals surface area contributed by atoms with E-state index in [0.717, 1.165) is 0 Å². The van der Waals surface area contributed by atoms with Gasteiger partial charge in [-0.1, -0.05) is 12.2 Å². The second-order valence-electron chi connectivity index (χ2n) is 3.59. The zero-order valence-electron chi connectivity index (χ0n) is 8.54. The molecule has 0 saturated carbocycles. The van der Waals surface area contributed by atoms with Gasteiger partial charge in [-0.25, -0.2) is 13.6 Å². The number of halogens is 2. The molecule has 0 fully saturated rings. The first-order valence-corrected chi connectivity index (χ1v) is 4.45. The Balaban J connectivity index is 4.46. The molecule has 15 heavy (non-hydrogen) atoms. The first-order valence-electron chi connectivity index (χ1n) is 4.45. The number of nitrogens with two attached hydrogens (primary N) is 2. The fraction of sp³-hybridized carbons (Fsp3) is 0.667. The average molecular weight is 222 g/mol. The number of alkyl halides is 2. The second kappa shape index (κ2) is 5.18. The van der Waals surface area contributed by atoms with Crippen LogP contribution in [0.1, 0.15) is 19.8 Å². The van der Waals surface area contributed by atoms with E-state index < -0.39 is 17.9 Å². The van der Waals surface area contributed by atoms with Gasteiger partial charge in [-0.2, -0.15) is 0 Å². The minimum absolute atomic E-state index is 0.0742. The van der Waals surface area contributed by atoms with Gasteiger partial charge in [0.15, 0.2) is 5.54 Å². The molecule has 4 nitrogen and oxygen atoms in total. The largest absolute Gasteiger partial charge is 0.480 e. The summed E-state index contributed by atoms with van der Waals surface area (Å²) in [7, 11) is 0. The van der Waals surface area contributed by atoms with Crippen molar-refractivity contribution in [1.29, 1.82) is 0 Å². The van der Waals surface area contributed by atoms with Crippen LogP contribution in [0.15, 0.2) is 12.2 Å². The number of rotatable bonds is 6. The second-order valence-corrected chi connectivity index (χ2v) is 3.59. The molecule has 0 aliphatic rings. The summed E-state index contributed by atoms with van der Waals surface area (Å²) in [5.41, 5.74) is 8.53. The molecule has 0 bridgehead atoms. The highest BCUT2D eigenvalue weighted by Gasteiger charge is 2.43. The van der Waals surface area contributed by atoms with E-state index in [0.29, 0.717) is 5.57 Å². The van der Waals surface area contributed by atoms with Crippen LogP contribution in [0.2, 0.25) is 0 Å². The van der Waals surface area contributed by atoms with Crippen LogP contribution in [0, 0.1) is 0 Å². The molecular formula is C9H16F2N2O2. The Morgan fingerprint density at radius 2 is 2.07 bits per heavy atom. The lowest BCUT2D eigenvalue weighted by Gasteiger charge is -2.24. The fourth-order valence-electron chi connectivity index (χ4n) is 0.904. The zero-order valence-corrected chi connectivity index (χ0v) is 8.54. The summed E-state index contributed by atoms with van der Waals surface area (Å²) in [6.07, 6.45) is -3.42. The smallest absolute Gasteiger partial charge is 0.329 e. The first kappa shape index (κ1) is 14.0. The molecular weight excluding hydrogens is 206 g/mol. The number of carboxylic acid groups (broad SMARTS) is 1. The van der Waals surface area contributed by atoms with Gasteiger partial charge >= 0.3 is 5.97 Å². The van der Waals surface area contributed by atoms with Gasteiger partial charge in [0.25, 0.3) is 6.43 Å². The minimum atomic E-state index is -3.11. The summed E-state index contributed by atoms with van der Waals surface area (Å²) in [5.74, 6) is -1.71. The van der Waals surface area contributed by atoms with Crippen molar-refractivity contribution in [3.8, 4) is 0 Å². The molecule has 0 aromatic heterocycles. The molecule has 88 valence electrons. The number of carboxylic acids is 1. The molecule has 0 aliphatic carbocycles. The molecule has 5 N–H and O–H groups in total. The highest BCUT2D eigenvalue weighted by atomic mass is 19.3. The number of aliphatic carboxylic acids is 1. The van der Waals surface area contributed by atoms with E-state index in [1.807, 2.05) is 0 Å². The van der Waals surface area contributed by atoms with Crippen LogP contribution >= 0.6 is 0 Å². The van der Waals surface area contributed by atoms with Crippen molar-refractivity contribution < 1.29 is 18.7 Å². The lowest BCUT2D eigenvalue weighted by Crippen LogP contribution is -2.54. The maximum atomic E-state index is 12.4. The fourth-order valence-corrected chi connectivity index (χ4v) is 0.904. The summed E-state index contributed by atoms with van der Waals surface area (Å²) in [4.78, 5) is 10.6. The molecule has 0 aliphatic heterocycles. The molecule has 0 heterocycles. The number of carbonyl (C=O) groups is 1. The highest BCUT2D eigenvalue weighted by Crippen LogP contribution is 2.22. The van der Waals surface area contributed by atoms with E-state index in [1.165, 1.54) is 0 Å². The molecule has 0 aromatic rings. The van der Waals surface area contributed by atoms with Crippen molar-refractivity contribution in [2.24, 2.45) is 11.5 Å². The Labute approximate surface area is 86.9 Å². The van der Waals surface area contributed by atoms with E-state index in [1.54, 1.807) is 6.92 Å². The van der Waals surface area contributed by atoms with Gasteiger partial charge in [-0.05, 0) is 19.8 Å². The number of hydrogen-bond acceptors (Lipinski definition) is 3. The van der Waals surface area contributed by atoms with E-state index in [2.05, 4.69) is 6.58 Å². The van der Waals surface area contributed by atoms with Crippen molar-refractivity contribution in [1.82, 2.24) is 0 Å². The first-order chi connectivity index (χ1) is 6.71. The van der Waals surface area contributed by atoms with Crippen molar-refractivity contribution in [3.63, 3.8) is 0 Å². The molecule has 0 spiro atoms. The molecule has 0 saturated heterocycles. The lowest BCUT2D eigenvalue weighted by atomic mass is 9.91. The van der Waals surface area contributed by atoms with Crippen LogP contribution in [0.5, 0.6) is 0 Å². The van der Waals surface area contributed by atoms with Gasteiger partial charge in [-0.15, -0.1) is 0 Å². The minimum Gasteiger partial charge on any atom is -0.480 e.